The summed E-state index contributed by atoms with van der Waals surface area (Å²) in [5.41, 5.74) is -8.85. The number of anilines is 2. The van der Waals surface area contributed by atoms with E-state index < -0.39 is 70.5 Å². The lowest BCUT2D eigenvalue weighted by atomic mass is 10.1. The summed E-state index contributed by atoms with van der Waals surface area (Å²) < 4.78 is 159. The SMILES string of the molecule is FC(F)(F)c1cc(N2C(=S)N(c3cc(C(F)(F)F)cc(C(F)(F)F)c3)[Si]2(Cl)Cl)cc(C(F)(F)F)c1. The van der Waals surface area contributed by atoms with Crippen LogP contribution in [0.5, 0.6) is 0 Å². The van der Waals surface area contributed by atoms with Gasteiger partial charge in [-0.15, -0.1) is 0 Å². The molecule has 0 bridgehead atoms. The number of nitrogens with zero attached hydrogens (tertiary/aromatic N) is 2. The quantitative estimate of drug-likeness (QED) is 0.149. The second-order valence-corrected chi connectivity index (χ2v) is 13.0. The molecule has 2 nitrogen and oxygen atoms in total. The highest BCUT2D eigenvalue weighted by molar-refractivity contribution is 7.83. The fourth-order valence-corrected chi connectivity index (χ4v) is 8.39. The third-order valence-corrected chi connectivity index (χ3v) is 9.32. The normalized spacial score (nSPS) is 17.0. The van der Waals surface area contributed by atoms with E-state index in [2.05, 4.69) is 0 Å². The minimum absolute atomic E-state index is 0.196. The number of rotatable bonds is 2. The molecule has 1 aliphatic rings. The van der Waals surface area contributed by atoms with Crippen LogP contribution in [0.25, 0.3) is 0 Å². The second kappa shape index (κ2) is 8.31. The highest BCUT2D eigenvalue weighted by Crippen LogP contribution is 2.48. The minimum atomic E-state index is -5.26. The Balaban J connectivity index is 2.14. The Kier molecular flexibility index (Phi) is 6.57. The lowest BCUT2D eigenvalue weighted by Gasteiger charge is -2.53. The van der Waals surface area contributed by atoms with Crippen LogP contribution in [0.3, 0.4) is 0 Å². The summed E-state index contributed by atoms with van der Waals surface area (Å²) in [6.07, 6.45) is -21.0. The van der Waals surface area contributed by atoms with Crippen molar-refractivity contribution in [3.63, 3.8) is 0 Å². The number of hydrogen-bond acceptors (Lipinski definition) is 1. The van der Waals surface area contributed by atoms with Crippen LogP contribution in [-0.4, -0.2) is 12.1 Å². The van der Waals surface area contributed by atoms with Crippen LogP contribution >= 0.6 is 34.4 Å². The van der Waals surface area contributed by atoms with Crippen molar-refractivity contribution in [2.24, 2.45) is 0 Å². The van der Waals surface area contributed by atoms with Crippen LogP contribution in [0.4, 0.5) is 64.1 Å². The second-order valence-electron chi connectivity index (χ2n) is 6.99. The first-order chi connectivity index (χ1) is 15.5. The van der Waals surface area contributed by atoms with E-state index in [0.717, 1.165) is 0 Å². The van der Waals surface area contributed by atoms with E-state index in [-0.39, 0.29) is 36.4 Å². The molecule has 0 N–H and O–H groups in total. The lowest BCUT2D eigenvalue weighted by molar-refractivity contribution is -0.144. The number of benzene rings is 2. The zero-order valence-corrected chi connectivity index (χ0v) is 19.4. The third-order valence-electron chi connectivity index (χ3n) is 4.58. The van der Waals surface area contributed by atoms with Crippen LogP contribution in [-0.2, 0) is 24.7 Å². The van der Waals surface area contributed by atoms with Crippen molar-refractivity contribution in [2.75, 3.05) is 9.13 Å². The van der Waals surface area contributed by atoms with Gasteiger partial charge in [0.15, 0.2) is 5.11 Å². The van der Waals surface area contributed by atoms with Crippen molar-refractivity contribution in [1.82, 2.24) is 0 Å². The van der Waals surface area contributed by atoms with Crippen molar-refractivity contribution in [3.8, 4) is 0 Å². The predicted octanol–water partition coefficient (Wildman–Crippen LogP) is 8.29. The fraction of sp³-hybridized carbons (Fsp3) is 0.235. The maximum atomic E-state index is 13.2. The first-order valence-electron chi connectivity index (χ1n) is 8.66. The Labute approximate surface area is 203 Å². The molecule has 18 heteroatoms. The topological polar surface area (TPSA) is 6.48 Å². The molecule has 1 saturated heterocycles. The first-order valence-corrected chi connectivity index (χ1v) is 13.0. The molecule has 2 aromatic carbocycles. The van der Waals surface area contributed by atoms with Gasteiger partial charge in [0.1, 0.15) is 0 Å². The molecule has 2 aromatic rings. The van der Waals surface area contributed by atoms with Crippen molar-refractivity contribution in [2.45, 2.75) is 24.7 Å². The van der Waals surface area contributed by atoms with Crippen molar-refractivity contribution < 1.29 is 52.7 Å². The summed E-state index contributed by atoms with van der Waals surface area (Å²) in [7, 11) is -4.58. The maximum absolute atomic E-state index is 13.2. The molecule has 0 radical (unpaired) electrons. The number of hydrogen-bond donors (Lipinski definition) is 0. The Morgan fingerprint density at radius 2 is 0.743 bits per heavy atom. The van der Waals surface area contributed by atoms with E-state index in [1.54, 1.807) is 0 Å². The van der Waals surface area contributed by atoms with E-state index in [0.29, 0.717) is 9.13 Å². The molecule has 0 aliphatic carbocycles. The zero-order chi connectivity index (χ0) is 26.9. The maximum Gasteiger partial charge on any atom is 0.482 e. The van der Waals surface area contributed by atoms with Crippen LogP contribution < -0.4 is 9.13 Å². The Morgan fingerprint density at radius 1 is 0.514 bits per heavy atom. The van der Waals surface area contributed by atoms with Crippen LogP contribution in [0.15, 0.2) is 36.4 Å². The summed E-state index contributed by atoms with van der Waals surface area (Å²) >= 11 is 17.1. The van der Waals surface area contributed by atoms with E-state index in [1.807, 2.05) is 0 Å². The molecule has 35 heavy (non-hydrogen) atoms. The van der Waals surface area contributed by atoms with Crippen molar-refractivity contribution in [3.05, 3.63) is 58.7 Å². The van der Waals surface area contributed by atoms with Gasteiger partial charge in [-0.25, -0.2) is 0 Å². The van der Waals surface area contributed by atoms with Gasteiger partial charge in [0.05, 0.1) is 22.3 Å². The molecule has 192 valence electrons. The van der Waals surface area contributed by atoms with Crippen molar-refractivity contribution in [1.29, 1.82) is 0 Å². The van der Waals surface area contributed by atoms with E-state index in [4.69, 9.17) is 34.4 Å². The van der Waals surface area contributed by atoms with Crippen LogP contribution in [0, 0.1) is 0 Å². The molecule has 0 unspecified atom stereocenters. The summed E-state index contributed by atoms with van der Waals surface area (Å²) in [6.45, 7) is 0. The van der Waals surface area contributed by atoms with Gasteiger partial charge in [-0.1, -0.05) is 22.2 Å². The van der Waals surface area contributed by atoms with Gasteiger partial charge in [0, 0.05) is 11.4 Å². The van der Waals surface area contributed by atoms with E-state index in [1.165, 1.54) is 0 Å². The molecule has 0 atom stereocenters. The Bertz CT molecular complexity index is 1020. The highest BCUT2D eigenvalue weighted by Gasteiger charge is 2.60. The number of thiocarbonyl (C=S) groups is 1. The molecule has 0 amide bonds. The smallest absolute Gasteiger partial charge is 0.303 e. The Hall–Kier alpha value is -1.91. The van der Waals surface area contributed by atoms with E-state index >= 15 is 0 Å². The zero-order valence-electron chi connectivity index (χ0n) is 16.1. The molecule has 1 heterocycles. The van der Waals surface area contributed by atoms with Gasteiger partial charge in [-0.3, -0.25) is 0 Å². The average Bonchev–Trinajstić information content (AvgIpc) is 2.64. The highest BCUT2D eigenvalue weighted by atomic mass is 35.7. The van der Waals surface area contributed by atoms with Gasteiger partial charge in [-0.2, -0.15) is 52.7 Å². The molecule has 3 rings (SSSR count). The van der Waals surface area contributed by atoms with E-state index in [9.17, 15) is 52.7 Å². The average molecular weight is 597 g/mol. The van der Waals surface area contributed by atoms with Gasteiger partial charge < -0.3 is 9.13 Å². The molecular weight excluding hydrogens is 591 g/mol. The van der Waals surface area contributed by atoms with Gasteiger partial charge >= 0.3 is 31.7 Å². The minimum Gasteiger partial charge on any atom is -0.303 e. The largest absolute Gasteiger partial charge is 0.482 e. The fourth-order valence-electron chi connectivity index (χ4n) is 3.05. The lowest BCUT2D eigenvalue weighted by Crippen LogP contribution is -2.77. The molecule has 0 saturated carbocycles. The van der Waals surface area contributed by atoms with Gasteiger partial charge in [-0.05, 0) is 48.6 Å². The Morgan fingerprint density at radius 3 is 0.914 bits per heavy atom. The van der Waals surface area contributed by atoms with Crippen LogP contribution in [0.1, 0.15) is 22.3 Å². The number of alkyl halides is 12. The molecule has 0 spiro atoms. The molecule has 1 fully saturated rings. The first kappa shape index (κ1) is 27.7. The predicted molar refractivity (Wildman–Crippen MR) is 108 cm³/mol. The molecular formula is C17H6Cl2F12N2SSi. The molecule has 0 aromatic heterocycles. The standard InChI is InChI=1S/C17H6Cl2F12N2SSi/c18-35(19)32(11-3-7(14(20,21)22)1-8(4-11)15(23,24)25)13(34)33(35)12-5-9(16(26,27)28)2-10(6-12)17(29,30)31/h1-6H. The summed E-state index contributed by atoms with van der Waals surface area (Å²) in [5, 5.41) is -0.804. The number of halogens is 14. The van der Waals surface area contributed by atoms with Crippen molar-refractivity contribution >= 4 is 57.9 Å². The third kappa shape index (κ3) is 5.29. The monoisotopic (exact) mass is 596 g/mol. The summed E-state index contributed by atoms with van der Waals surface area (Å²) in [4.78, 5) is 0. The van der Waals surface area contributed by atoms with Gasteiger partial charge in [0.25, 0.3) is 0 Å². The van der Waals surface area contributed by atoms with Crippen LogP contribution in [0.2, 0.25) is 0 Å². The molecule has 1 aliphatic heterocycles. The summed E-state index contributed by atoms with van der Waals surface area (Å²) in [5.74, 6) is 0. The summed E-state index contributed by atoms with van der Waals surface area (Å²) in [6, 6.07) is 0.491. The van der Waals surface area contributed by atoms with Gasteiger partial charge in [0.2, 0.25) is 0 Å².